The van der Waals surface area contributed by atoms with Crippen LogP contribution in [0.1, 0.15) is 39.5 Å². The van der Waals surface area contributed by atoms with Gasteiger partial charge in [0.15, 0.2) is 0 Å². The van der Waals surface area contributed by atoms with E-state index in [2.05, 4.69) is 17.5 Å². The summed E-state index contributed by atoms with van der Waals surface area (Å²) in [5, 5.41) is 26.1. The minimum atomic E-state index is -0.658. The maximum absolute atomic E-state index is 11.1. The molecule has 1 aromatic carbocycles. The van der Waals surface area contributed by atoms with Gasteiger partial charge in [0.1, 0.15) is 5.69 Å². The molecule has 0 bridgehead atoms. The molecule has 2 rings (SSSR count). The van der Waals surface area contributed by atoms with E-state index in [1.54, 1.807) is 0 Å². The Kier molecular flexibility index (Phi) is 5.25. The number of hydrazone groups is 1. The van der Waals surface area contributed by atoms with Gasteiger partial charge in [0, 0.05) is 17.7 Å². The summed E-state index contributed by atoms with van der Waals surface area (Å²) in [6.07, 6.45) is 4.63. The molecule has 0 heterocycles. The van der Waals surface area contributed by atoms with Crippen LogP contribution in [0.15, 0.2) is 23.3 Å². The van der Waals surface area contributed by atoms with Crippen molar-refractivity contribution in [1.82, 2.24) is 0 Å². The third-order valence-corrected chi connectivity index (χ3v) is 4.39. The van der Waals surface area contributed by atoms with Crippen molar-refractivity contribution in [3.8, 4) is 0 Å². The Labute approximate surface area is 133 Å². The minimum Gasteiger partial charge on any atom is -0.272 e. The summed E-state index contributed by atoms with van der Waals surface area (Å²) in [4.78, 5) is 20.5. The molecule has 124 valence electrons. The average molecular weight is 320 g/mol. The number of anilines is 1. The zero-order valence-electron chi connectivity index (χ0n) is 13.2. The van der Waals surface area contributed by atoms with Crippen molar-refractivity contribution in [2.45, 2.75) is 39.5 Å². The van der Waals surface area contributed by atoms with Crippen molar-refractivity contribution >= 4 is 22.8 Å². The van der Waals surface area contributed by atoms with Crippen LogP contribution in [0.4, 0.5) is 17.1 Å². The molecule has 0 saturated heterocycles. The number of hydrogen-bond acceptors (Lipinski definition) is 6. The van der Waals surface area contributed by atoms with Crippen molar-refractivity contribution < 1.29 is 9.85 Å². The summed E-state index contributed by atoms with van der Waals surface area (Å²) in [7, 11) is 0. The van der Waals surface area contributed by atoms with E-state index in [-0.39, 0.29) is 17.1 Å². The first-order valence-corrected chi connectivity index (χ1v) is 7.63. The SMILES string of the molecule is C/C(=N/Nc1ccc([N+](=O)[O-])cc1[N+](=O)[O-])C1CCCCC1C. The van der Waals surface area contributed by atoms with E-state index in [0.717, 1.165) is 24.6 Å². The summed E-state index contributed by atoms with van der Waals surface area (Å²) in [6.45, 7) is 4.11. The lowest BCUT2D eigenvalue weighted by atomic mass is 9.78. The van der Waals surface area contributed by atoms with Crippen LogP contribution in [0.5, 0.6) is 0 Å². The maximum Gasteiger partial charge on any atom is 0.301 e. The van der Waals surface area contributed by atoms with Crippen molar-refractivity contribution in [2.24, 2.45) is 16.9 Å². The molecule has 2 atom stereocenters. The molecule has 0 spiro atoms. The van der Waals surface area contributed by atoms with Gasteiger partial charge in [0.25, 0.3) is 5.69 Å². The maximum atomic E-state index is 11.1. The molecule has 0 aliphatic heterocycles. The van der Waals surface area contributed by atoms with Crippen LogP contribution in [-0.4, -0.2) is 15.6 Å². The van der Waals surface area contributed by atoms with Gasteiger partial charge in [-0.3, -0.25) is 25.7 Å². The smallest absolute Gasteiger partial charge is 0.272 e. The van der Waals surface area contributed by atoms with Crippen LogP contribution in [-0.2, 0) is 0 Å². The zero-order chi connectivity index (χ0) is 17.0. The molecule has 0 amide bonds. The number of nitro groups is 2. The molecule has 1 aliphatic rings. The number of nitrogens with zero attached hydrogens (tertiary/aromatic N) is 3. The summed E-state index contributed by atoms with van der Waals surface area (Å²) in [5.74, 6) is 0.912. The average Bonchev–Trinajstić information content (AvgIpc) is 2.52. The molecule has 1 aliphatic carbocycles. The second kappa shape index (κ2) is 7.17. The van der Waals surface area contributed by atoms with E-state index in [1.165, 1.54) is 25.0 Å². The van der Waals surface area contributed by atoms with E-state index in [0.29, 0.717) is 11.8 Å². The first kappa shape index (κ1) is 16.9. The summed E-state index contributed by atoms with van der Waals surface area (Å²) >= 11 is 0. The molecular weight excluding hydrogens is 300 g/mol. The molecule has 0 radical (unpaired) electrons. The Morgan fingerprint density at radius 1 is 1.22 bits per heavy atom. The van der Waals surface area contributed by atoms with Gasteiger partial charge in [-0.05, 0) is 25.3 Å². The fraction of sp³-hybridized carbons (Fsp3) is 0.533. The molecule has 1 N–H and O–H groups in total. The van der Waals surface area contributed by atoms with Crippen molar-refractivity contribution in [1.29, 1.82) is 0 Å². The Balaban J connectivity index is 2.20. The van der Waals surface area contributed by atoms with Crippen molar-refractivity contribution in [2.75, 3.05) is 5.43 Å². The Hall–Kier alpha value is -2.51. The standard InChI is InChI=1S/C15H20N4O4/c1-10-5-3-4-6-13(10)11(2)16-17-14-8-7-12(18(20)21)9-15(14)19(22)23/h7-10,13,17H,3-6H2,1-2H3/b16-11-. The van der Waals surface area contributed by atoms with E-state index in [9.17, 15) is 20.2 Å². The number of nitrogens with one attached hydrogen (secondary N) is 1. The molecular formula is C15H20N4O4. The van der Waals surface area contributed by atoms with Gasteiger partial charge in [0.2, 0.25) is 0 Å². The monoisotopic (exact) mass is 320 g/mol. The van der Waals surface area contributed by atoms with Crippen LogP contribution in [0.3, 0.4) is 0 Å². The molecule has 1 aromatic rings. The van der Waals surface area contributed by atoms with Gasteiger partial charge < -0.3 is 0 Å². The first-order chi connectivity index (χ1) is 10.9. The van der Waals surface area contributed by atoms with Crippen molar-refractivity contribution in [3.05, 3.63) is 38.4 Å². The van der Waals surface area contributed by atoms with Gasteiger partial charge >= 0.3 is 5.69 Å². The van der Waals surface area contributed by atoms with Gasteiger partial charge in [0.05, 0.1) is 15.9 Å². The first-order valence-electron chi connectivity index (χ1n) is 7.63. The largest absolute Gasteiger partial charge is 0.301 e. The highest BCUT2D eigenvalue weighted by atomic mass is 16.6. The highest BCUT2D eigenvalue weighted by Gasteiger charge is 2.24. The van der Waals surface area contributed by atoms with Crippen LogP contribution in [0.2, 0.25) is 0 Å². The number of benzene rings is 1. The summed E-state index contributed by atoms with van der Waals surface area (Å²) < 4.78 is 0. The fourth-order valence-electron chi connectivity index (χ4n) is 3.05. The minimum absolute atomic E-state index is 0.156. The third kappa shape index (κ3) is 4.02. The van der Waals surface area contributed by atoms with Crippen LogP contribution < -0.4 is 5.43 Å². The number of rotatable bonds is 5. The summed E-state index contributed by atoms with van der Waals surface area (Å²) in [5.41, 5.74) is 3.10. The Morgan fingerprint density at radius 2 is 1.91 bits per heavy atom. The van der Waals surface area contributed by atoms with E-state index < -0.39 is 9.85 Å². The summed E-state index contributed by atoms with van der Waals surface area (Å²) in [6, 6.07) is 3.48. The lowest BCUT2D eigenvalue weighted by Crippen LogP contribution is -2.24. The predicted molar refractivity (Wildman–Crippen MR) is 87.6 cm³/mol. The molecule has 1 fully saturated rings. The van der Waals surface area contributed by atoms with Crippen LogP contribution in [0, 0.1) is 32.1 Å². The number of non-ortho nitro benzene ring substituents is 1. The second-order valence-electron chi connectivity index (χ2n) is 5.95. The zero-order valence-corrected chi connectivity index (χ0v) is 13.2. The topological polar surface area (TPSA) is 111 Å². The van der Waals surface area contributed by atoms with Gasteiger partial charge in [-0.25, -0.2) is 0 Å². The fourth-order valence-corrected chi connectivity index (χ4v) is 3.05. The van der Waals surface area contributed by atoms with E-state index >= 15 is 0 Å². The molecule has 8 nitrogen and oxygen atoms in total. The van der Waals surface area contributed by atoms with Crippen LogP contribution >= 0.6 is 0 Å². The normalized spacial score (nSPS) is 21.7. The molecule has 2 unspecified atom stereocenters. The number of hydrogen-bond donors (Lipinski definition) is 1. The van der Waals surface area contributed by atoms with Gasteiger partial charge in [-0.1, -0.05) is 26.2 Å². The van der Waals surface area contributed by atoms with Gasteiger partial charge in [-0.15, -0.1) is 0 Å². The lowest BCUT2D eigenvalue weighted by molar-refractivity contribution is -0.393. The number of nitro benzene ring substituents is 2. The Morgan fingerprint density at radius 3 is 2.52 bits per heavy atom. The van der Waals surface area contributed by atoms with E-state index in [1.807, 2.05) is 6.92 Å². The molecule has 0 aromatic heterocycles. The van der Waals surface area contributed by atoms with Crippen molar-refractivity contribution in [3.63, 3.8) is 0 Å². The highest BCUT2D eigenvalue weighted by Crippen LogP contribution is 2.32. The molecule has 1 saturated carbocycles. The molecule has 8 heteroatoms. The second-order valence-corrected chi connectivity index (χ2v) is 5.95. The lowest BCUT2D eigenvalue weighted by Gasteiger charge is -2.28. The molecule has 23 heavy (non-hydrogen) atoms. The predicted octanol–water partition coefficient (Wildman–Crippen LogP) is 4.12. The van der Waals surface area contributed by atoms with Crippen LogP contribution in [0.25, 0.3) is 0 Å². The Bertz CT molecular complexity index is 644. The quantitative estimate of drug-likeness (QED) is 0.498. The van der Waals surface area contributed by atoms with E-state index in [4.69, 9.17) is 0 Å². The third-order valence-electron chi connectivity index (χ3n) is 4.39. The van der Waals surface area contributed by atoms with Gasteiger partial charge in [-0.2, -0.15) is 5.10 Å². The highest BCUT2D eigenvalue weighted by molar-refractivity contribution is 5.85.